The summed E-state index contributed by atoms with van der Waals surface area (Å²) in [6.07, 6.45) is 0.674. The molecule has 0 aliphatic rings. The topological polar surface area (TPSA) is 51.7 Å². The highest BCUT2D eigenvalue weighted by molar-refractivity contribution is 5.64. The van der Waals surface area contributed by atoms with Crippen LogP contribution in [0.15, 0.2) is 48.5 Å². The molecule has 18 heavy (non-hydrogen) atoms. The van der Waals surface area contributed by atoms with E-state index in [0.29, 0.717) is 0 Å². The summed E-state index contributed by atoms with van der Waals surface area (Å²) in [6, 6.07) is 16.7. The van der Waals surface area contributed by atoms with E-state index < -0.39 is 6.10 Å². The Labute approximate surface area is 108 Å². The Morgan fingerprint density at radius 1 is 0.889 bits per heavy atom. The highest BCUT2D eigenvalue weighted by Gasteiger charge is 2.01. The molecule has 0 heterocycles. The summed E-state index contributed by atoms with van der Waals surface area (Å²) in [5.41, 5.74) is 4.73. The lowest BCUT2D eigenvalue weighted by Gasteiger charge is -2.07. The van der Waals surface area contributed by atoms with Crippen LogP contribution in [-0.2, 0) is 6.42 Å². The van der Waals surface area contributed by atoms with E-state index in [9.17, 15) is 5.11 Å². The third kappa shape index (κ3) is 3.19. The normalized spacial score (nSPS) is 11.7. The molecule has 2 nitrogen and oxygen atoms in total. The zero-order valence-electron chi connectivity index (χ0n) is 10.9. The van der Waals surface area contributed by atoms with Gasteiger partial charge in [0.25, 0.3) is 0 Å². The first-order chi connectivity index (χ1) is 8.20. The van der Waals surface area contributed by atoms with Crippen LogP contribution in [0.5, 0.6) is 0 Å². The van der Waals surface area contributed by atoms with E-state index in [1.807, 2.05) is 12.1 Å². The van der Waals surface area contributed by atoms with E-state index in [4.69, 9.17) is 0 Å². The minimum Gasteiger partial charge on any atom is -0.412 e. The standard InChI is InChI=1S/C16H18O.H2O/c1-3-13-4-6-15(7-5-13)16-10-8-14(9-11-16)12(2)17;/h4-12,17H,3H2,1-2H3;1H2. The summed E-state index contributed by atoms with van der Waals surface area (Å²) in [7, 11) is 0. The van der Waals surface area contributed by atoms with Gasteiger partial charge in [0.05, 0.1) is 6.10 Å². The molecule has 1 atom stereocenters. The number of aryl methyl sites for hydroxylation is 1. The van der Waals surface area contributed by atoms with Gasteiger partial charge in [0.15, 0.2) is 0 Å². The summed E-state index contributed by atoms with van der Waals surface area (Å²) in [5.74, 6) is 0. The molecular weight excluding hydrogens is 224 g/mol. The Hall–Kier alpha value is -1.64. The van der Waals surface area contributed by atoms with E-state index in [-0.39, 0.29) is 5.48 Å². The van der Waals surface area contributed by atoms with Gasteiger partial charge in [-0.25, -0.2) is 0 Å². The number of aliphatic hydroxyl groups is 1. The predicted molar refractivity (Wildman–Crippen MR) is 75.5 cm³/mol. The third-order valence-electron chi connectivity index (χ3n) is 3.09. The van der Waals surface area contributed by atoms with Crippen molar-refractivity contribution in [1.29, 1.82) is 0 Å². The second-order valence-electron chi connectivity index (χ2n) is 4.35. The van der Waals surface area contributed by atoms with Crippen LogP contribution in [0.3, 0.4) is 0 Å². The molecule has 2 heteroatoms. The number of rotatable bonds is 3. The summed E-state index contributed by atoms with van der Waals surface area (Å²) < 4.78 is 0. The van der Waals surface area contributed by atoms with Gasteiger partial charge < -0.3 is 10.6 Å². The van der Waals surface area contributed by atoms with Gasteiger partial charge in [-0.1, -0.05) is 55.5 Å². The van der Waals surface area contributed by atoms with Crippen molar-refractivity contribution in [2.45, 2.75) is 26.4 Å². The van der Waals surface area contributed by atoms with Crippen LogP contribution in [-0.4, -0.2) is 10.6 Å². The van der Waals surface area contributed by atoms with Crippen LogP contribution in [0.25, 0.3) is 11.1 Å². The molecule has 0 saturated carbocycles. The lowest BCUT2D eigenvalue weighted by molar-refractivity contribution is 0.199. The van der Waals surface area contributed by atoms with Crippen LogP contribution < -0.4 is 0 Å². The number of aliphatic hydroxyl groups excluding tert-OH is 1. The molecule has 0 aliphatic heterocycles. The summed E-state index contributed by atoms with van der Waals surface area (Å²) in [5, 5.41) is 9.45. The molecule has 96 valence electrons. The van der Waals surface area contributed by atoms with E-state index in [0.717, 1.165) is 12.0 Å². The van der Waals surface area contributed by atoms with Crippen molar-refractivity contribution in [3.8, 4) is 11.1 Å². The van der Waals surface area contributed by atoms with Gasteiger partial charge in [0.2, 0.25) is 0 Å². The van der Waals surface area contributed by atoms with Gasteiger partial charge in [-0.2, -0.15) is 0 Å². The second-order valence-corrected chi connectivity index (χ2v) is 4.35. The molecule has 0 spiro atoms. The van der Waals surface area contributed by atoms with Gasteiger partial charge in [-0.15, -0.1) is 0 Å². The molecule has 0 fully saturated rings. The van der Waals surface area contributed by atoms with E-state index >= 15 is 0 Å². The first kappa shape index (κ1) is 14.4. The Morgan fingerprint density at radius 2 is 1.33 bits per heavy atom. The molecule has 0 aliphatic carbocycles. The summed E-state index contributed by atoms with van der Waals surface area (Å²) >= 11 is 0. The maximum atomic E-state index is 9.45. The first-order valence-electron chi connectivity index (χ1n) is 6.08. The van der Waals surface area contributed by atoms with Gasteiger partial charge in [0.1, 0.15) is 0 Å². The number of hydrogen-bond acceptors (Lipinski definition) is 1. The second kappa shape index (κ2) is 6.34. The van der Waals surface area contributed by atoms with E-state index in [1.165, 1.54) is 16.7 Å². The number of hydrogen-bond donors (Lipinski definition) is 1. The summed E-state index contributed by atoms with van der Waals surface area (Å²) in [4.78, 5) is 0. The Morgan fingerprint density at radius 3 is 1.72 bits per heavy atom. The van der Waals surface area contributed by atoms with Crippen molar-refractivity contribution in [2.75, 3.05) is 0 Å². The maximum absolute atomic E-state index is 9.45. The van der Waals surface area contributed by atoms with Crippen LogP contribution in [0.1, 0.15) is 31.1 Å². The zero-order chi connectivity index (χ0) is 12.3. The van der Waals surface area contributed by atoms with Crippen molar-refractivity contribution in [3.05, 3.63) is 59.7 Å². The van der Waals surface area contributed by atoms with Crippen LogP contribution >= 0.6 is 0 Å². The molecular formula is C16H20O2. The van der Waals surface area contributed by atoms with E-state index in [1.54, 1.807) is 6.92 Å². The molecule has 2 rings (SSSR count). The molecule has 3 N–H and O–H groups in total. The maximum Gasteiger partial charge on any atom is 0.0761 e. The summed E-state index contributed by atoms with van der Waals surface area (Å²) in [6.45, 7) is 3.94. The van der Waals surface area contributed by atoms with E-state index in [2.05, 4.69) is 43.3 Å². The van der Waals surface area contributed by atoms with Gasteiger partial charge in [-0.05, 0) is 35.6 Å². The van der Waals surface area contributed by atoms with Crippen LogP contribution in [0.4, 0.5) is 0 Å². The largest absolute Gasteiger partial charge is 0.412 e. The van der Waals surface area contributed by atoms with Crippen molar-refractivity contribution >= 4 is 0 Å². The van der Waals surface area contributed by atoms with Gasteiger partial charge in [-0.3, -0.25) is 0 Å². The fourth-order valence-electron chi connectivity index (χ4n) is 1.89. The van der Waals surface area contributed by atoms with Crippen molar-refractivity contribution in [1.82, 2.24) is 0 Å². The fourth-order valence-corrected chi connectivity index (χ4v) is 1.89. The molecule has 0 aromatic heterocycles. The minimum atomic E-state index is -0.397. The average molecular weight is 244 g/mol. The molecule has 0 bridgehead atoms. The first-order valence-corrected chi connectivity index (χ1v) is 6.08. The monoisotopic (exact) mass is 244 g/mol. The van der Waals surface area contributed by atoms with Crippen molar-refractivity contribution in [2.24, 2.45) is 0 Å². The Bertz CT molecular complexity index is 469. The molecule has 0 amide bonds. The lowest BCUT2D eigenvalue weighted by Crippen LogP contribution is -1.90. The molecule has 0 saturated heterocycles. The van der Waals surface area contributed by atoms with Crippen LogP contribution in [0, 0.1) is 0 Å². The fraction of sp³-hybridized carbons (Fsp3) is 0.250. The van der Waals surface area contributed by atoms with Gasteiger partial charge in [0, 0.05) is 0 Å². The van der Waals surface area contributed by atoms with Crippen molar-refractivity contribution < 1.29 is 10.6 Å². The predicted octanol–water partition coefficient (Wildman–Crippen LogP) is 3.14. The quantitative estimate of drug-likeness (QED) is 0.886. The molecule has 2 aromatic carbocycles. The lowest BCUT2D eigenvalue weighted by atomic mass is 10.0. The Balaban J connectivity index is 0.00000162. The smallest absolute Gasteiger partial charge is 0.0761 e. The molecule has 1 unspecified atom stereocenters. The highest BCUT2D eigenvalue weighted by atomic mass is 16.3. The third-order valence-corrected chi connectivity index (χ3v) is 3.09. The zero-order valence-corrected chi connectivity index (χ0v) is 10.9. The average Bonchev–Trinajstić information content (AvgIpc) is 2.39. The Kier molecular flexibility index (Phi) is 5.08. The highest BCUT2D eigenvalue weighted by Crippen LogP contribution is 2.22. The molecule has 2 aromatic rings. The number of benzene rings is 2. The van der Waals surface area contributed by atoms with Gasteiger partial charge >= 0.3 is 0 Å². The minimum absolute atomic E-state index is 0. The molecule has 0 radical (unpaired) electrons. The van der Waals surface area contributed by atoms with Crippen LogP contribution in [0.2, 0.25) is 0 Å². The van der Waals surface area contributed by atoms with Crippen molar-refractivity contribution in [3.63, 3.8) is 0 Å². The SMILES string of the molecule is CCc1ccc(-c2ccc(C(C)O)cc2)cc1.O.